The van der Waals surface area contributed by atoms with E-state index in [2.05, 4.69) is 11.0 Å². The molecule has 0 radical (unpaired) electrons. The minimum atomic E-state index is -0.842. The summed E-state index contributed by atoms with van der Waals surface area (Å²) in [6, 6.07) is 1.04. The summed E-state index contributed by atoms with van der Waals surface area (Å²) in [6.07, 6.45) is 8.30. The number of hydrogen-bond donors (Lipinski definition) is 1. The molecular formula is C11H13N5O. The van der Waals surface area contributed by atoms with Gasteiger partial charge in [0.15, 0.2) is 0 Å². The first-order chi connectivity index (χ1) is 8.10. The zero-order chi connectivity index (χ0) is 12.8. The number of nitriles is 1. The molecule has 17 heavy (non-hydrogen) atoms. The number of nitrogens with two attached hydrogens (primary N) is 1. The lowest BCUT2D eigenvalue weighted by Crippen LogP contribution is -2.39. The molecule has 2 N–H and O–H groups in total. The predicted molar refractivity (Wildman–Crippen MR) is 61.2 cm³/mol. The van der Waals surface area contributed by atoms with Crippen molar-refractivity contribution in [1.82, 2.24) is 14.7 Å². The van der Waals surface area contributed by atoms with Crippen molar-refractivity contribution in [3.63, 3.8) is 0 Å². The zero-order valence-corrected chi connectivity index (χ0v) is 9.50. The van der Waals surface area contributed by atoms with Crippen LogP contribution in [-0.2, 0) is 11.8 Å². The fourth-order valence-corrected chi connectivity index (χ4v) is 1.35. The summed E-state index contributed by atoms with van der Waals surface area (Å²) in [5.74, 6) is 1.95. The fraction of sp³-hybridized carbons (Fsp3) is 0.364. The molecular weight excluding hydrogens is 218 g/mol. The van der Waals surface area contributed by atoms with Crippen molar-refractivity contribution in [2.45, 2.75) is 6.04 Å². The van der Waals surface area contributed by atoms with E-state index < -0.39 is 6.04 Å². The summed E-state index contributed by atoms with van der Waals surface area (Å²) < 4.78 is 1.55. The molecule has 0 aliphatic carbocycles. The maximum atomic E-state index is 12.0. The highest BCUT2D eigenvalue weighted by Gasteiger charge is 2.22. The Morgan fingerprint density at radius 2 is 2.47 bits per heavy atom. The SMILES string of the molecule is C#CCN(CC#N)C(=O)C(N)c1cnn(C)c1. The van der Waals surface area contributed by atoms with Gasteiger partial charge in [-0.1, -0.05) is 5.92 Å². The smallest absolute Gasteiger partial charge is 0.245 e. The molecule has 0 fully saturated rings. The molecule has 1 aromatic heterocycles. The maximum Gasteiger partial charge on any atom is 0.245 e. The van der Waals surface area contributed by atoms with E-state index in [4.69, 9.17) is 17.4 Å². The molecule has 0 saturated carbocycles. The molecule has 0 aliphatic heterocycles. The zero-order valence-electron chi connectivity index (χ0n) is 9.50. The molecule has 0 saturated heterocycles. The number of terminal acetylenes is 1. The first-order valence-corrected chi connectivity index (χ1v) is 4.93. The molecule has 1 aromatic rings. The third kappa shape index (κ3) is 3.07. The van der Waals surface area contributed by atoms with Gasteiger partial charge in [0.05, 0.1) is 18.8 Å². The van der Waals surface area contributed by atoms with Gasteiger partial charge in [-0.25, -0.2) is 0 Å². The fourth-order valence-electron chi connectivity index (χ4n) is 1.35. The van der Waals surface area contributed by atoms with E-state index in [0.29, 0.717) is 5.56 Å². The van der Waals surface area contributed by atoms with Crippen molar-refractivity contribution in [2.24, 2.45) is 12.8 Å². The van der Waals surface area contributed by atoms with Crippen LogP contribution in [0.25, 0.3) is 0 Å². The standard InChI is InChI=1S/C11H13N5O/c1-3-5-16(6-4-12)11(17)10(13)9-7-14-15(2)8-9/h1,7-8,10H,5-6,13H2,2H3. The van der Waals surface area contributed by atoms with Crippen molar-refractivity contribution in [3.05, 3.63) is 18.0 Å². The molecule has 0 aliphatic rings. The number of amides is 1. The normalized spacial score (nSPS) is 11.3. The minimum Gasteiger partial charge on any atom is -0.317 e. The summed E-state index contributed by atoms with van der Waals surface area (Å²) in [5, 5.41) is 12.5. The molecule has 0 spiro atoms. The van der Waals surface area contributed by atoms with E-state index in [-0.39, 0.29) is 19.0 Å². The molecule has 6 nitrogen and oxygen atoms in total. The van der Waals surface area contributed by atoms with Crippen LogP contribution < -0.4 is 5.73 Å². The average Bonchev–Trinajstić information content (AvgIpc) is 2.73. The Hall–Kier alpha value is -2.31. The largest absolute Gasteiger partial charge is 0.317 e. The predicted octanol–water partition coefficient (Wildman–Crippen LogP) is -0.595. The molecule has 1 unspecified atom stereocenters. The number of aromatic nitrogens is 2. The van der Waals surface area contributed by atoms with Crippen molar-refractivity contribution in [2.75, 3.05) is 13.1 Å². The van der Waals surface area contributed by atoms with E-state index in [1.807, 2.05) is 6.07 Å². The van der Waals surface area contributed by atoms with Gasteiger partial charge in [-0.15, -0.1) is 6.42 Å². The van der Waals surface area contributed by atoms with Gasteiger partial charge in [-0.2, -0.15) is 10.4 Å². The quantitative estimate of drug-likeness (QED) is 0.554. The topological polar surface area (TPSA) is 87.9 Å². The summed E-state index contributed by atoms with van der Waals surface area (Å²) in [6.45, 7) is -0.00263. The molecule has 1 atom stereocenters. The minimum absolute atomic E-state index is 0.0698. The van der Waals surface area contributed by atoms with Gasteiger partial charge in [-0.3, -0.25) is 9.48 Å². The average molecular weight is 231 g/mol. The molecule has 6 heteroatoms. The maximum absolute atomic E-state index is 12.0. The van der Waals surface area contributed by atoms with Crippen molar-refractivity contribution < 1.29 is 4.79 Å². The lowest BCUT2D eigenvalue weighted by molar-refractivity contribution is -0.131. The number of hydrogen-bond acceptors (Lipinski definition) is 4. The Labute approximate surface area is 99.6 Å². The Kier molecular flexibility index (Phi) is 4.27. The highest BCUT2D eigenvalue weighted by atomic mass is 16.2. The third-order valence-corrected chi connectivity index (χ3v) is 2.21. The molecule has 1 heterocycles. The van der Waals surface area contributed by atoms with Crippen molar-refractivity contribution in [3.8, 4) is 18.4 Å². The lowest BCUT2D eigenvalue weighted by atomic mass is 10.1. The van der Waals surface area contributed by atoms with Crippen LogP contribution in [0.5, 0.6) is 0 Å². The van der Waals surface area contributed by atoms with Gasteiger partial charge in [0, 0.05) is 18.8 Å². The Bertz CT molecular complexity index is 463. The van der Waals surface area contributed by atoms with E-state index in [1.54, 1.807) is 17.9 Å². The van der Waals surface area contributed by atoms with Crippen LogP contribution in [-0.4, -0.2) is 33.7 Å². The molecule has 0 aromatic carbocycles. The number of carbonyl (C=O) groups excluding carboxylic acids is 1. The summed E-state index contributed by atoms with van der Waals surface area (Å²) in [4.78, 5) is 13.2. The first kappa shape index (κ1) is 12.8. The highest BCUT2D eigenvalue weighted by molar-refractivity contribution is 5.83. The van der Waals surface area contributed by atoms with Crippen molar-refractivity contribution >= 4 is 5.91 Å². The highest BCUT2D eigenvalue weighted by Crippen LogP contribution is 2.11. The van der Waals surface area contributed by atoms with Crippen LogP contribution in [0, 0.1) is 23.7 Å². The van der Waals surface area contributed by atoms with Crippen LogP contribution in [0.3, 0.4) is 0 Å². The monoisotopic (exact) mass is 231 g/mol. The van der Waals surface area contributed by atoms with Gasteiger partial charge in [0.25, 0.3) is 0 Å². The molecule has 88 valence electrons. The molecule has 0 bridgehead atoms. The van der Waals surface area contributed by atoms with Gasteiger partial charge in [0.2, 0.25) is 5.91 Å². The van der Waals surface area contributed by atoms with Crippen LogP contribution in [0.15, 0.2) is 12.4 Å². The molecule has 1 rings (SSSR count). The summed E-state index contributed by atoms with van der Waals surface area (Å²) in [7, 11) is 1.73. The van der Waals surface area contributed by atoms with Crippen LogP contribution in [0.1, 0.15) is 11.6 Å². The van der Waals surface area contributed by atoms with Gasteiger partial charge < -0.3 is 10.6 Å². The Morgan fingerprint density at radius 3 is 2.94 bits per heavy atom. The van der Waals surface area contributed by atoms with Crippen LogP contribution in [0.2, 0.25) is 0 Å². The summed E-state index contributed by atoms with van der Waals surface area (Å²) in [5.41, 5.74) is 6.39. The first-order valence-electron chi connectivity index (χ1n) is 4.93. The number of carbonyl (C=O) groups is 1. The van der Waals surface area contributed by atoms with Gasteiger partial charge in [-0.05, 0) is 0 Å². The second-order valence-corrected chi connectivity index (χ2v) is 3.48. The number of aryl methyl sites for hydroxylation is 1. The van der Waals surface area contributed by atoms with Crippen LogP contribution in [0.4, 0.5) is 0 Å². The molecule has 1 amide bonds. The van der Waals surface area contributed by atoms with E-state index >= 15 is 0 Å². The van der Waals surface area contributed by atoms with Crippen molar-refractivity contribution in [1.29, 1.82) is 5.26 Å². The number of nitrogens with zero attached hydrogens (tertiary/aromatic N) is 4. The second-order valence-electron chi connectivity index (χ2n) is 3.48. The lowest BCUT2D eigenvalue weighted by Gasteiger charge is -2.20. The number of rotatable bonds is 4. The van der Waals surface area contributed by atoms with Gasteiger partial charge in [0.1, 0.15) is 12.6 Å². The third-order valence-electron chi connectivity index (χ3n) is 2.21. The second kappa shape index (κ2) is 5.69. The van der Waals surface area contributed by atoms with E-state index in [9.17, 15) is 4.79 Å². The van der Waals surface area contributed by atoms with Crippen LogP contribution >= 0.6 is 0 Å². The van der Waals surface area contributed by atoms with E-state index in [1.165, 1.54) is 11.1 Å². The van der Waals surface area contributed by atoms with E-state index in [0.717, 1.165) is 0 Å². The summed E-state index contributed by atoms with van der Waals surface area (Å²) >= 11 is 0. The Balaban J connectivity index is 2.81. The Morgan fingerprint density at radius 1 is 1.76 bits per heavy atom. The van der Waals surface area contributed by atoms with Gasteiger partial charge >= 0.3 is 0 Å².